The number of ether oxygens (including phenoxy) is 3. The second-order valence-corrected chi connectivity index (χ2v) is 27.4. The smallest absolute Gasteiger partial charge is 0.325 e. The number of allylic oxidation sites excluding steroid dienone is 2. The SMILES string of the molecule is CCCCCCCCCCCCC/C=C/[C@@H](O)[C@H](COC(=O)C(N)CO)NC(=O)CCCCCCCCCCCCCCCCCOCCCCCCCCCCCCCCCCCC(=O)N[C@@H](COC(=O)C(N)CO)[C@H](O)/C=C/CCCCCCCCCCCCC. The largest absolute Gasteiger partial charge is 0.462 e. The van der Waals surface area contributed by atoms with E-state index in [4.69, 9.17) is 25.7 Å². The van der Waals surface area contributed by atoms with Crippen molar-refractivity contribution in [3.8, 4) is 0 Å². The average Bonchev–Trinajstić information content (AvgIpc) is 3.68. The third-order valence-corrected chi connectivity index (χ3v) is 18.3. The molecule has 0 aliphatic heterocycles. The molecule has 6 atom stereocenters. The highest BCUT2D eigenvalue weighted by atomic mass is 16.5. The second-order valence-electron chi connectivity index (χ2n) is 27.4. The van der Waals surface area contributed by atoms with Gasteiger partial charge in [0, 0.05) is 26.1 Å². The Morgan fingerprint density at radius 2 is 0.570 bits per heavy atom. The van der Waals surface area contributed by atoms with Gasteiger partial charge >= 0.3 is 11.9 Å². The molecular formula is C78H150N4O11. The lowest BCUT2D eigenvalue weighted by molar-refractivity contribution is -0.148. The number of nitrogens with two attached hydrogens (primary N) is 2. The predicted octanol–water partition coefficient (Wildman–Crippen LogP) is 17.4. The highest BCUT2D eigenvalue weighted by Gasteiger charge is 2.25. The molecule has 2 unspecified atom stereocenters. The van der Waals surface area contributed by atoms with Gasteiger partial charge in [0.15, 0.2) is 0 Å². The van der Waals surface area contributed by atoms with Crippen LogP contribution in [-0.4, -0.2) is 120 Å². The molecule has 0 aliphatic rings. The molecule has 0 fully saturated rings. The third kappa shape index (κ3) is 63.6. The second kappa shape index (κ2) is 71.8. The van der Waals surface area contributed by atoms with Crippen molar-refractivity contribution in [2.24, 2.45) is 11.5 Å². The molecule has 0 radical (unpaired) electrons. The van der Waals surface area contributed by atoms with Gasteiger partial charge in [-0.1, -0.05) is 334 Å². The summed E-state index contributed by atoms with van der Waals surface area (Å²) in [4.78, 5) is 50.0. The molecule has 15 nitrogen and oxygen atoms in total. The van der Waals surface area contributed by atoms with Gasteiger partial charge in [0.05, 0.1) is 37.5 Å². The quantitative estimate of drug-likeness (QED) is 0.0160. The van der Waals surface area contributed by atoms with E-state index in [9.17, 15) is 39.6 Å². The van der Waals surface area contributed by atoms with Crippen molar-refractivity contribution in [1.82, 2.24) is 10.6 Å². The van der Waals surface area contributed by atoms with Gasteiger partial charge in [-0.15, -0.1) is 0 Å². The van der Waals surface area contributed by atoms with E-state index in [0.717, 1.165) is 90.3 Å². The van der Waals surface area contributed by atoms with E-state index in [1.807, 2.05) is 12.2 Å². The number of aliphatic hydroxyl groups is 4. The van der Waals surface area contributed by atoms with Crippen LogP contribution in [0.2, 0.25) is 0 Å². The van der Waals surface area contributed by atoms with Crippen molar-refractivity contribution in [3.05, 3.63) is 24.3 Å². The molecule has 0 aromatic carbocycles. The molecule has 0 bridgehead atoms. The van der Waals surface area contributed by atoms with Crippen molar-refractivity contribution >= 4 is 23.8 Å². The number of esters is 2. The van der Waals surface area contributed by atoms with Crippen molar-refractivity contribution in [3.63, 3.8) is 0 Å². The zero-order valence-corrected chi connectivity index (χ0v) is 60.4. The molecule has 0 heterocycles. The number of hydrogen-bond acceptors (Lipinski definition) is 13. The standard InChI is InChI=1S/C78H150N4O11/c1-3-5-7-9-11-13-15-23-29-35-41-47-53-59-73(85)71(67-92-77(89)69(79)65-83)81-75(87)61-55-49-43-37-31-25-19-17-21-27-33-39-45-51-57-63-91-64-58-52-46-40-34-28-22-18-20-26-32-38-44-50-56-62-76(88)82-72(68-93-78(90)70(80)66-84)74(86)60-54-48-42-36-30-24-16-14-12-10-8-6-4-2/h53-54,59-60,69-74,83-86H,3-52,55-58,61-68,79-80H2,1-2H3,(H,81,87)(H,82,88)/b59-53+,60-54+/t69?,70?,71-,72-,73+,74+/m0/s1. The van der Waals surface area contributed by atoms with Gasteiger partial charge in [0.25, 0.3) is 0 Å². The van der Waals surface area contributed by atoms with Crippen molar-refractivity contribution in [2.75, 3.05) is 39.6 Å². The number of rotatable bonds is 74. The number of aliphatic hydroxyl groups excluding tert-OH is 4. The molecule has 15 heteroatoms. The van der Waals surface area contributed by atoms with E-state index in [2.05, 4.69) is 24.5 Å². The molecule has 0 saturated heterocycles. The number of amides is 2. The molecule has 0 saturated carbocycles. The Bertz CT molecular complexity index is 1570. The van der Waals surface area contributed by atoms with Crippen LogP contribution in [0.3, 0.4) is 0 Å². The number of hydrogen-bond donors (Lipinski definition) is 8. The average molecular weight is 1320 g/mol. The zero-order valence-electron chi connectivity index (χ0n) is 60.4. The van der Waals surface area contributed by atoms with Gasteiger partial charge in [0.1, 0.15) is 25.3 Å². The van der Waals surface area contributed by atoms with Gasteiger partial charge in [-0.25, -0.2) is 0 Å². The van der Waals surface area contributed by atoms with Crippen molar-refractivity contribution in [2.45, 2.75) is 410 Å². The summed E-state index contributed by atoms with van der Waals surface area (Å²) < 4.78 is 16.4. The first kappa shape index (κ1) is 90.1. The number of carbonyl (C=O) groups excluding carboxylic acids is 4. The number of nitrogens with one attached hydrogen (secondary N) is 2. The fraction of sp³-hybridized carbons (Fsp3) is 0.897. The summed E-state index contributed by atoms with van der Waals surface area (Å²) in [5.74, 6) is -1.85. The zero-order chi connectivity index (χ0) is 68.0. The minimum atomic E-state index is -1.15. The van der Waals surface area contributed by atoms with Crippen LogP contribution in [0, 0.1) is 0 Å². The molecule has 2 amide bonds. The minimum Gasteiger partial charge on any atom is -0.462 e. The van der Waals surface area contributed by atoms with E-state index < -0.39 is 61.5 Å². The van der Waals surface area contributed by atoms with E-state index in [1.165, 1.54) is 270 Å². The third-order valence-electron chi connectivity index (χ3n) is 18.3. The predicted molar refractivity (Wildman–Crippen MR) is 387 cm³/mol. The minimum absolute atomic E-state index is 0.165. The Morgan fingerprint density at radius 1 is 0.344 bits per heavy atom. The molecule has 0 aromatic rings. The first-order chi connectivity index (χ1) is 45.5. The molecule has 0 aromatic heterocycles. The van der Waals surface area contributed by atoms with Gasteiger partial charge in [0.2, 0.25) is 11.8 Å². The summed E-state index contributed by atoms with van der Waals surface area (Å²) >= 11 is 0. The van der Waals surface area contributed by atoms with E-state index in [1.54, 1.807) is 12.2 Å². The lowest BCUT2D eigenvalue weighted by Crippen LogP contribution is -2.47. The Morgan fingerprint density at radius 3 is 0.817 bits per heavy atom. The lowest BCUT2D eigenvalue weighted by Gasteiger charge is -2.22. The van der Waals surface area contributed by atoms with Crippen LogP contribution in [0.5, 0.6) is 0 Å². The summed E-state index contributed by atoms with van der Waals surface area (Å²) in [6, 6.07) is -3.87. The van der Waals surface area contributed by atoms with Crippen LogP contribution in [0.25, 0.3) is 0 Å². The number of unbranched alkanes of at least 4 members (excludes halogenated alkanes) is 50. The fourth-order valence-corrected chi connectivity index (χ4v) is 12.0. The molecule has 548 valence electrons. The maximum Gasteiger partial charge on any atom is 0.325 e. The summed E-state index contributed by atoms with van der Waals surface area (Å²) in [6.45, 7) is 4.83. The van der Waals surface area contributed by atoms with Crippen molar-refractivity contribution < 1.29 is 53.8 Å². The Labute approximate surface area is 570 Å². The first-order valence-electron chi connectivity index (χ1n) is 39.4. The monoisotopic (exact) mass is 1320 g/mol. The Hall–Kier alpha value is -2.92. The van der Waals surface area contributed by atoms with Crippen LogP contribution in [0.15, 0.2) is 24.3 Å². The highest BCUT2D eigenvalue weighted by molar-refractivity contribution is 5.78. The molecule has 0 rings (SSSR count). The highest BCUT2D eigenvalue weighted by Crippen LogP contribution is 2.19. The fourth-order valence-electron chi connectivity index (χ4n) is 12.0. The van der Waals surface area contributed by atoms with E-state index >= 15 is 0 Å². The maximum absolute atomic E-state index is 12.9. The van der Waals surface area contributed by atoms with Gasteiger partial charge in [-0.05, 0) is 51.4 Å². The topological polar surface area (TPSA) is 253 Å². The summed E-state index contributed by atoms with van der Waals surface area (Å²) in [7, 11) is 0. The molecule has 10 N–H and O–H groups in total. The van der Waals surface area contributed by atoms with Crippen LogP contribution in [0.4, 0.5) is 0 Å². The summed E-state index contributed by atoms with van der Waals surface area (Å²) in [5.41, 5.74) is 11.2. The van der Waals surface area contributed by atoms with Crippen LogP contribution >= 0.6 is 0 Å². The normalized spacial score (nSPS) is 13.8. The van der Waals surface area contributed by atoms with Crippen LogP contribution in [0.1, 0.15) is 373 Å². The molecule has 0 aliphatic carbocycles. The molecule has 93 heavy (non-hydrogen) atoms. The Kier molecular flexibility index (Phi) is 69.6. The molecule has 0 spiro atoms. The lowest BCUT2D eigenvalue weighted by atomic mass is 10.0. The summed E-state index contributed by atoms with van der Waals surface area (Å²) in [5, 5.41) is 46.0. The number of carbonyl (C=O) groups is 4. The molecular weight excluding hydrogens is 1170 g/mol. The van der Waals surface area contributed by atoms with Crippen LogP contribution < -0.4 is 22.1 Å². The van der Waals surface area contributed by atoms with Gasteiger partial charge < -0.3 is 56.7 Å². The van der Waals surface area contributed by atoms with E-state index in [-0.39, 0.29) is 25.0 Å². The summed E-state index contributed by atoms with van der Waals surface area (Å²) in [6.07, 6.45) is 72.4. The van der Waals surface area contributed by atoms with Crippen LogP contribution in [-0.2, 0) is 33.4 Å². The van der Waals surface area contributed by atoms with Gasteiger partial charge in [-0.3, -0.25) is 19.2 Å². The van der Waals surface area contributed by atoms with Gasteiger partial charge in [-0.2, -0.15) is 0 Å². The Balaban J connectivity index is 3.80. The maximum atomic E-state index is 12.9. The van der Waals surface area contributed by atoms with E-state index in [0.29, 0.717) is 12.8 Å². The first-order valence-corrected chi connectivity index (χ1v) is 39.4. The van der Waals surface area contributed by atoms with Crippen molar-refractivity contribution in [1.29, 1.82) is 0 Å².